The molecular formula is C13H18N2O. The minimum absolute atomic E-state index is 0.197. The van der Waals surface area contributed by atoms with Gasteiger partial charge in [-0.15, -0.1) is 0 Å². The molecule has 1 aromatic heterocycles. The Morgan fingerprint density at radius 2 is 2.12 bits per heavy atom. The number of hydrogen-bond donors (Lipinski definition) is 1. The number of ether oxygens (including phenoxy) is 1. The fourth-order valence-corrected chi connectivity index (χ4v) is 1.96. The molecule has 0 aliphatic carbocycles. The third-order valence-electron chi connectivity index (χ3n) is 2.64. The maximum atomic E-state index is 5.73. The Hall–Kier alpha value is -1.48. The van der Waals surface area contributed by atoms with Crippen LogP contribution in [0.4, 0.5) is 0 Å². The Morgan fingerprint density at radius 3 is 2.75 bits per heavy atom. The average Bonchev–Trinajstić information content (AvgIpc) is 2.54. The second kappa shape index (κ2) is 4.18. The molecule has 16 heavy (non-hydrogen) atoms. The van der Waals surface area contributed by atoms with E-state index < -0.39 is 0 Å². The summed E-state index contributed by atoms with van der Waals surface area (Å²) in [4.78, 5) is 0. The predicted molar refractivity (Wildman–Crippen MR) is 66.6 cm³/mol. The average molecular weight is 218 g/mol. The number of nitrogens with zero attached hydrogens (tertiary/aromatic N) is 1. The second-order valence-electron chi connectivity index (χ2n) is 4.31. The van der Waals surface area contributed by atoms with E-state index in [0.29, 0.717) is 6.54 Å². The second-order valence-corrected chi connectivity index (χ2v) is 4.31. The van der Waals surface area contributed by atoms with Gasteiger partial charge in [0.25, 0.3) is 0 Å². The summed E-state index contributed by atoms with van der Waals surface area (Å²) in [7, 11) is 2.03. The molecule has 2 rings (SSSR count). The highest BCUT2D eigenvalue weighted by atomic mass is 16.5. The van der Waals surface area contributed by atoms with E-state index in [2.05, 4.69) is 22.9 Å². The first-order valence-electron chi connectivity index (χ1n) is 5.56. The SMILES string of the molecule is CC(C)Oc1ccc2c(c1)c(CN)cn2C. The van der Waals surface area contributed by atoms with E-state index in [0.717, 1.165) is 11.3 Å². The van der Waals surface area contributed by atoms with Gasteiger partial charge in [-0.05, 0) is 37.6 Å². The van der Waals surface area contributed by atoms with Crippen LogP contribution in [0.15, 0.2) is 24.4 Å². The number of rotatable bonds is 3. The Balaban J connectivity index is 2.51. The van der Waals surface area contributed by atoms with Gasteiger partial charge in [0.2, 0.25) is 0 Å². The molecule has 0 aliphatic rings. The molecule has 0 radical (unpaired) electrons. The third kappa shape index (κ3) is 1.91. The van der Waals surface area contributed by atoms with Gasteiger partial charge in [-0.3, -0.25) is 0 Å². The lowest BCUT2D eigenvalue weighted by molar-refractivity contribution is 0.243. The first-order valence-corrected chi connectivity index (χ1v) is 5.56. The Kier molecular flexibility index (Phi) is 2.88. The molecule has 0 saturated heterocycles. The summed E-state index contributed by atoms with van der Waals surface area (Å²) in [5.74, 6) is 0.906. The summed E-state index contributed by atoms with van der Waals surface area (Å²) in [6.45, 7) is 4.61. The lowest BCUT2D eigenvalue weighted by Gasteiger charge is -2.09. The highest BCUT2D eigenvalue weighted by molar-refractivity contribution is 5.85. The van der Waals surface area contributed by atoms with Crippen molar-refractivity contribution in [1.29, 1.82) is 0 Å². The third-order valence-corrected chi connectivity index (χ3v) is 2.64. The van der Waals surface area contributed by atoms with Crippen LogP contribution in [0.3, 0.4) is 0 Å². The fraction of sp³-hybridized carbons (Fsp3) is 0.385. The molecule has 3 heteroatoms. The van der Waals surface area contributed by atoms with E-state index >= 15 is 0 Å². The van der Waals surface area contributed by atoms with E-state index in [1.165, 1.54) is 10.9 Å². The molecule has 2 aromatic rings. The number of hydrogen-bond acceptors (Lipinski definition) is 2. The highest BCUT2D eigenvalue weighted by Gasteiger charge is 2.07. The molecule has 1 heterocycles. The van der Waals surface area contributed by atoms with E-state index in [4.69, 9.17) is 10.5 Å². The van der Waals surface area contributed by atoms with Crippen molar-refractivity contribution in [1.82, 2.24) is 4.57 Å². The zero-order valence-corrected chi connectivity index (χ0v) is 10.0. The van der Waals surface area contributed by atoms with Crippen molar-refractivity contribution in [2.45, 2.75) is 26.5 Å². The quantitative estimate of drug-likeness (QED) is 0.859. The predicted octanol–water partition coefficient (Wildman–Crippen LogP) is 2.42. The van der Waals surface area contributed by atoms with Gasteiger partial charge in [0, 0.05) is 30.7 Å². The van der Waals surface area contributed by atoms with Gasteiger partial charge in [-0.2, -0.15) is 0 Å². The van der Waals surface area contributed by atoms with Crippen molar-refractivity contribution in [3.05, 3.63) is 30.0 Å². The first kappa shape index (κ1) is 11.0. The first-order chi connectivity index (χ1) is 7.61. The highest BCUT2D eigenvalue weighted by Crippen LogP contribution is 2.25. The molecular weight excluding hydrogens is 200 g/mol. The lowest BCUT2D eigenvalue weighted by Crippen LogP contribution is -2.05. The van der Waals surface area contributed by atoms with Crippen LogP contribution in [-0.4, -0.2) is 10.7 Å². The topological polar surface area (TPSA) is 40.2 Å². The summed E-state index contributed by atoms with van der Waals surface area (Å²) in [6.07, 6.45) is 2.27. The van der Waals surface area contributed by atoms with Crippen LogP contribution >= 0.6 is 0 Å². The van der Waals surface area contributed by atoms with Crippen LogP contribution in [0.5, 0.6) is 5.75 Å². The maximum absolute atomic E-state index is 5.73. The Morgan fingerprint density at radius 1 is 1.38 bits per heavy atom. The van der Waals surface area contributed by atoms with Crippen molar-refractivity contribution in [2.75, 3.05) is 0 Å². The molecule has 0 saturated carbocycles. The van der Waals surface area contributed by atoms with Crippen LogP contribution in [0, 0.1) is 0 Å². The molecule has 0 aliphatic heterocycles. The molecule has 0 unspecified atom stereocenters. The largest absolute Gasteiger partial charge is 0.491 e. The van der Waals surface area contributed by atoms with Crippen LogP contribution in [0.1, 0.15) is 19.4 Å². The zero-order valence-electron chi connectivity index (χ0n) is 10.0. The molecule has 0 spiro atoms. The fourth-order valence-electron chi connectivity index (χ4n) is 1.96. The smallest absolute Gasteiger partial charge is 0.120 e. The molecule has 0 atom stereocenters. The van der Waals surface area contributed by atoms with Crippen LogP contribution < -0.4 is 10.5 Å². The number of nitrogens with two attached hydrogens (primary N) is 1. The number of benzene rings is 1. The molecule has 1 aromatic carbocycles. The van der Waals surface area contributed by atoms with E-state index in [-0.39, 0.29) is 6.10 Å². The lowest BCUT2D eigenvalue weighted by atomic mass is 10.1. The van der Waals surface area contributed by atoms with Crippen molar-refractivity contribution in [2.24, 2.45) is 12.8 Å². The number of fused-ring (bicyclic) bond motifs is 1. The Labute approximate surface area is 95.8 Å². The van der Waals surface area contributed by atoms with Crippen LogP contribution in [-0.2, 0) is 13.6 Å². The Bertz CT molecular complexity index is 500. The van der Waals surface area contributed by atoms with Gasteiger partial charge in [0.05, 0.1) is 6.10 Å². The van der Waals surface area contributed by atoms with E-state index in [1.807, 2.05) is 27.0 Å². The summed E-state index contributed by atoms with van der Waals surface area (Å²) in [6, 6.07) is 6.15. The van der Waals surface area contributed by atoms with Crippen molar-refractivity contribution < 1.29 is 4.74 Å². The van der Waals surface area contributed by atoms with Gasteiger partial charge in [-0.1, -0.05) is 0 Å². The monoisotopic (exact) mass is 218 g/mol. The molecule has 0 bridgehead atoms. The summed E-state index contributed by atoms with van der Waals surface area (Å²) < 4.78 is 7.77. The van der Waals surface area contributed by atoms with Gasteiger partial charge in [-0.25, -0.2) is 0 Å². The van der Waals surface area contributed by atoms with E-state index in [1.54, 1.807) is 0 Å². The molecule has 86 valence electrons. The standard InChI is InChI=1S/C13H18N2O/c1-9(2)16-11-4-5-13-12(6-11)10(7-14)8-15(13)3/h4-6,8-9H,7,14H2,1-3H3. The van der Waals surface area contributed by atoms with Gasteiger partial charge < -0.3 is 15.0 Å². The van der Waals surface area contributed by atoms with Gasteiger partial charge in [0.15, 0.2) is 0 Å². The minimum Gasteiger partial charge on any atom is -0.491 e. The van der Waals surface area contributed by atoms with Gasteiger partial charge >= 0.3 is 0 Å². The normalized spacial score (nSPS) is 11.3. The number of aromatic nitrogens is 1. The van der Waals surface area contributed by atoms with Crippen molar-refractivity contribution >= 4 is 10.9 Å². The minimum atomic E-state index is 0.197. The summed E-state index contributed by atoms with van der Waals surface area (Å²) in [5.41, 5.74) is 8.08. The van der Waals surface area contributed by atoms with Crippen LogP contribution in [0.2, 0.25) is 0 Å². The molecule has 0 amide bonds. The molecule has 3 nitrogen and oxygen atoms in total. The van der Waals surface area contributed by atoms with Crippen molar-refractivity contribution in [3.63, 3.8) is 0 Å². The van der Waals surface area contributed by atoms with Crippen LogP contribution in [0.25, 0.3) is 10.9 Å². The maximum Gasteiger partial charge on any atom is 0.120 e. The van der Waals surface area contributed by atoms with Gasteiger partial charge in [0.1, 0.15) is 5.75 Å². The summed E-state index contributed by atoms with van der Waals surface area (Å²) >= 11 is 0. The van der Waals surface area contributed by atoms with E-state index in [9.17, 15) is 0 Å². The molecule has 2 N–H and O–H groups in total. The number of aryl methyl sites for hydroxylation is 1. The summed E-state index contributed by atoms with van der Waals surface area (Å²) in [5, 5.41) is 1.18. The zero-order chi connectivity index (χ0) is 11.7. The molecule has 0 fully saturated rings. The van der Waals surface area contributed by atoms with Crippen molar-refractivity contribution in [3.8, 4) is 5.75 Å².